The summed E-state index contributed by atoms with van der Waals surface area (Å²) in [5.41, 5.74) is 0.388. The average Bonchev–Trinajstić information content (AvgIpc) is 2.71. The molecule has 1 aromatic carbocycles. The van der Waals surface area contributed by atoms with Gasteiger partial charge in [-0.15, -0.1) is 0 Å². The molecule has 2 N–H and O–H groups in total. The first-order valence-corrected chi connectivity index (χ1v) is 4.64. The van der Waals surface area contributed by atoms with Crippen molar-refractivity contribution in [2.75, 3.05) is 0 Å². The molecule has 2 rings (SSSR count). The van der Waals surface area contributed by atoms with Crippen LogP contribution in [0.1, 0.15) is 10.4 Å². The van der Waals surface area contributed by atoms with Crippen molar-refractivity contribution in [1.82, 2.24) is 5.16 Å². The van der Waals surface area contributed by atoms with Crippen LogP contribution < -0.4 is 0 Å². The number of halogens is 1. The molecule has 2 aromatic rings. The number of carboxylic acid groups (broad SMARTS) is 1. The standard InChI is InChI=1S/C10H6ClNO4/c11-7-3-5(1-2-8(7)13)9-6(10(14)15)4-12-16-9/h1-4,13H,(H,14,15). The van der Waals surface area contributed by atoms with E-state index in [0.29, 0.717) is 5.56 Å². The molecule has 0 bridgehead atoms. The van der Waals surface area contributed by atoms with Crippen molar-refractivity contribution in [3.8, 4) is 17.1 Å². The van der Waals surface area contributed by atoms with Gasteiger partial charge in [-0.3, -0.25) is 0 Å². The van der Waals surface area contributed by atoms with Gasteiger partial charge in [0.05, 0.1) is 11.2 Å². The lowest BCUT2D eigenvalue weighted by atomic mass is 10.1. The highest BCUT2D eigenvalue weighted by Crippen LogP contribution is 2.30. The van der Waals surface area contributed by atoms with Crippen LogP contribution in [-0.2, 0) is 0 Å². The van der Waals surface area contributed by atoms with Crippen LogP contribution >= 0.6 is 11.6 Å². The molecule has 1 heterocycles. The van der Waals surface area contributed by atoms with E-state index in [1.807, 2.05) is 0 Å². The maximum Gasteiger partial charge on any atom is 0.341 e. The number of phenolic OH excluding ortho intramolecular Hbond substituents is 1. The monoisotopic (exact) mass is 239 g/mol. The number of carboxylic acids is 1. The van der Waals surface area contributed by atoms with Crippen LogP contribution in [0.15, 0.2) is 28.9 Å². The number of aromatic carboxylic acids is 1. The van der Waals surface area contributed by atoms with Crippen molar-refractivity contribution in [3.05, 3.63) is 35.0 Å². The molecule has 16 heavy (non-hydrogen) atoms. The smallest absolute Gasteiger partial charge is 0.341 e. The molecule has 0 radical (unpaired) electrons. The van der Waals surface area contributed by atoms with Crippen molar-refractivity contribution >= 4 is 17.6 Å². The van der Waals surface area contributed by atoms with Gasteiger partial charge in [0.1, 0.15) is 11.3 Å². The van der Waals surface area contributed by atoms with Gasteiger partial charge in [0.15, 0.2) is 5.76 Å². The van der Waals surface area contributed by atoms with Gasteiger partial charge in [0.25, 0.3) is 0 Å². The number of nitrogens with zero attached hydrogens (tertiary/aromatic N) is 1. The third-order valence-electron chi connectivity index (χ3n) is 2.01. The largest absolute Gasteiger partial charge is 0.506 e. The number of benzene rings is 1. The molecule has 1 aromatic heterocycles. The number of rotatable bonds is 2. The molecule has 0 aliphatic rings. The summed E-state index contributed by atoms with van der Waals surface area (Å²) in [7, 11) is 0. The molecule has 6 heteroatoms. The van der Waals surface area contributed by atoms with Crippen molar-refractivity contribution in [3.63, 3.8) is 0 Å². The van der Waals surface area contributed by atoms with Gasteiger partial charge >= 0.3 is 5.97 Å². The highest BCUT2D eigenvalue weighted by Gasteiger charge is 2.17. The minimum Gasteiger partial charge on any atom is -0.506 e. The Balaban J connectivity index is 2.54. The summed E-state index contributed by atoms with van der Waals surface area (Å²) in [6, 6.07) is 4.25. The number of hydrogen-bond donors (Lipinski definition) is 2. The molecule has 0 aliphatic heterocycles. The third kappa shape index (κ3) is 1.72. The molecule has 0 spiro atoms. The van der Waals surface area contributed by atoms with E-state index in [9.17, 15) is 9.90 Å². The number of carbonyl (C=O) groups is 1. The van der Waals surface area contributed by atoms with E-state index in [4.69, 9.17) is 21.2 Å². The summed E-state index contributed by atoms with van der Waals surface area (Å²) in [4.78, 5) is 10.8. The molecule has 0 saturated carbocycles. The van der Waals surface area contributed by atoms with Crippen LogP contribution in [0.4, 0.5) is 0 Å². The van der Waals surface area contributed by atoms with Gasteiger partial charge in [0.2, 0.25) is 0 Å². The molecule has 0 fully saturated rings. The van der Waals surface area contributed by atoms with Crippen molar-refractivity contribution in [2.45, 2.75) is 0 Å². The summed E-state index contributed by atoms with van der Waals surface area (Å²) in [6.45, 7) is 0. The third-order valence-corrected chi connectivity index (χ3v) is 2.31. The predicted molar refractivity (Wildman–Crippen MR) is 55.6 cm³/mol. The van der Waals surface area contributed by atoms with Crippen LogP contribution in [-0.4, -0.2) is 21.3 Å². The Kier molecular flexibility index (Phi) is 2.54. The topological polar surface area (TPSA) is 83.6 Å². The second kappa shape index (κ2) is 3.86. The summed E-state index contributed by atoms with van der Waals surface area (Å²) in [5, 5.41) is 21.6. The van der Waals surface area contributed by atoms with Gasteiger partial charge in [0, 0.05) is 5.56 Å². The molecule has 82 valence electrons. The first-order chi connectivity index (χ1) is 7.59. The lowest BCUT2D eigenvalue weighted by molar-refractivity contribution is 0.0697. The molecule has 0 unspecified atom stereocenters. The van der Waals surface area contributed by atoms with E-state index in [1.165, 1.54) is 18.2 Å². The fraction of sp³-hybridized carbons (Fsp3) is 0. The predicted octanol–water partition coefficient (Wildman–Crippen LogP) is 2.40. The Morgan fingerprint density at radius 1 is 1.44 bits per heavy atom. The molecule has 0 amide bonds. The Morgan fingerprint density at radius 2 is 2.19 bits per heavy atom. The van der Waals surface area contributed by atoms with E-state index in [-0.39, 0.29) is 22.1 Å². The van der Waals surface area contributed by atoms with Crippen molar-refractivity contribution < 1.29 is 19.5 Å². The van der Waals surface area contributed by atoms with Gasteiger partial charge in [-0.05, 0) is 18.2 Å². The normalized spacial score (nSPS) is 10.3. The van der Waals surface area contributed by atoms with Crippen LogP contribution in [0.2, 0.25) is 5.02 Å². The van der Waals surface area contributed by atoms with Gasteiger partial charge in [-0.1, -0.05) is 16.8 Å². The van der Waals surface area contributed by atoms with Crippen LogP contribution in [0.25, 0.3) is 11.3 Å². The maximum atomic E-state index is 10.8. The minimum atomic E-state index is -1.14. The van der Waals surface area contributed by atoms with Gasteiger partial charge in [-0.25, -0.2) is 4.79 Å². The Labute approximate surface area is 94.9 Å². The van der Waals surface area contributed by atoms with Gasteiger partial charge in [-0.2, -0.15) is 0 Å². The van der Waals surface area contributed by atoms with E-state index in [0.717, 1.165) is 6.20 Å². The molecule has 0 saturated heterocycles. The average molecular weight is 240 g/mol. The Hall–Kier alpha value is -2.01. The van der Waals surface area contributed by atoms with Crippen molar-refractivity contribution in [1.29, 1.82) is 0 Å². The Bertz CT molecular complexity index is 550. The second-order valence-corrected chi connectivity index (χ2v) is 3.45. The quantitative estimate of drug-likeness (QED) is 0.841. The summed E-state index contributed by atoms with van der Waals surface area (Å²) >= 11 is 5.70. The summed E-state index contributed by atoms with van der Waals surface area (Å²) in [6.07, 6.45) is 1.11. The highest BCUT2D eigenvalue weighted by molar-refractivity contribution is 6.32. The molecular formula is C10H6ClNO4. The van der Waals surface area contributed by atoms with Crippen LogP contribution in [0, 0.1) is 0 Å². The van der Waals surface area contributed by atoms with Gasteiger partial charge < -0.3 is 14.7 Å². The van der Waals surface area contributed by atoms with Crippen LogP contribution in [0.3, 0.4) is 0 Å². The molecule has 0 atom stereocenters. The molecule has 0 aliphatic carbocycles. The first-order valence-electron chi connectivity index (χ1n) is 4.26. The van der Waals surface area contributed by atoms with Crippen molar-refractivity contribution in [2.24, 2.45) is 0 Å². The zero-order chi connectivity index (χ0) is 11.7. The highest BCUT2D eigenvalue weighted by atomic mass is 35.5. The summed E-state index contributed by atoms with van der Waals surface area (Å²) < 4.78 is 4.84. The van der Waals surface area contributed by atoms with Crippen LogP contribution in [0.5, 0.6) is 5.75 Å². The maximum absolute atomic E-state index is 10.8. The lowest BCUT2D eigenvalue weighted by Crippen LogP contribution is -1.95. The van der Waals surface area contributed by atoms with E-state index >= 15 is 0 Å². The fourth-order valence-corrected chi connectivity index (χ4v) is 1.43. The second-order valence-electron chi connectivity index (χ2n) is 3.04. The number of aromatic nitrogens is 1. The lowest BCUT2D eigenvalue weighted by Gasteiger charge is -2.00. The number of aromatic hydroxyl groups is 1. The number of phenols is 1. The van der Waals surface area contributed by atoms with E-state index in [2.05, 4.69) is 5.16 Å². The fourth-order valence-electron chi connectivity index (χ4n) is 1.25. The van der Waals surface area contributed by atoms with E-state index in [1.54, 1.807) is 0 Å². The van der Waals surface area contributed by atoms with E-state index < -0.39 is 5.97 Å². The molecular weight excluding hydrogens is 234 g/mol. The zero-order valence-electron chi connectivity index (χ0n) is 7.85. The Morgan fingerprint density at radius 3 is 2.81 bits per heavy atom. The minimum absolute atomic E-state index is 0.0539. The SMILES string of the molecule is O=C(O)c1cnoc1-c1ccc(O)c(Cl)c1. The zero-order valence-corrected chi connectivity index (χ0v) is 8.60. The first kappa shape index (κ1) is 10.5. The molecule has 5 nitrogen and oxygen atoms in total. The number of hydrogen-bond acceptors (Lipinski definition) is 4. The summed E-state index contributed by atoms with van der Waals surface area (Å²) in [5.74, 6) is -1.11.